The van der Waals surface area contributed by atoms with Crippen LogP contribution in [0.5, 0.6) is 17.2 Å². The first-order valence-electron chi connectivity index (χ1n) is 15.0. The molecule has 5 aromatic rings. The maximum absolute atomic E-state index is 14.7. The molecule has 0 fully saturated rings. The van der Waals surface area contributed by atoms with E-state index in [2.05, 4.69) is 4.99 Å². The molecule has 0 N–H and O–H groups in total. The average Bonchev–Trinajstić information content (AvgIpc) is 3.40. The minimum atomic E-state index is -5.07. The van der Waals surface area contributed by atoms with Gasteiger partial charge in [0.25, 0.3) is 5.56 Å². The van der Waals surface area contributed by atoms with E-state index in [9.17, 15) is 22.8 Å². The number of ether oxygens (including phenoxy) is 4. The van der Waals surface area contributed by atoms with Gasteiger partial charge in [0.05, 0.1) is 36.0 Å². The van der Waals surface area contributed by atoms with Crippen molar-refractivity contribution in [1.82, 2.24) is 4.57 Å². The smallest absolute Gasteiger partial charge is 0.434 e. The number of rotatable bonds is 9. The Morgan fingerprint density at radius 2 is 1.71 bits per heavy atom. The monoisotopic (exact) mass is 708 g/mol. The molecule has 0 bridgehead atoms. The van der Waals surface area contributed by atoms with Gasteiger partial charge in [-0.05, 0) is 53.1 Å². The molecule has 0 radical (unpaired) electrons. The largest absolute Gasteiger partial charge is 0.496 e. The molecule has 0 spiro atoms. The topological polar surface area (TPSA) is 88.4 Å². The Balaban J connectivity index is 1.57. The van der Waals surface area contributed by atoms with Crippen LogP contribution in [0, 0.1) is 0 Å². The van der Waals surface area contributed by atoms with Crippen molar-refractivity contribution < 1.29 is 36.9 Å². The molecule has 252 valence electrons. The van der Waals surface area contributed by atoms with Gasteiger partial charge in [-0.15, -0.1) is 0 Å². The molecule has 2 heterocycles. The van der Waals surface area contributed by atoms with Gasteiger partial charge in [0.15, 0.2) is 22.0 Å². The first-order valence-corrected chi connectivity index (χ1v) is 16.1. The molecule has 1 aliphatic rings. The summed E-state index contributed by atoms with van der Waals surface area (Å²) in [7, 11) is 2.80. The van der Waals surface area contributed by atoms with Crippen LogP contribution in [0.15, 0.2) is 99.9 Å². The van der Waals surface area contributed by atoms with Crippen LogP contribution in [0.3, 0.4) is 0 Å². The van der Waals surface area contributed by atoms with Crippen molar-refractivity contribution >= 4 is 45.8 Å². The quantitative estimate of drug-likeness (QED) is 0.158. The normalized spacial score (nSPS) is 14.8. The lowest BCUT2D eigenvalue weighted by Gasteiger charge is -2.28. The van der Waals surface area contributed by atoms with Crippen molar-refractivity contribution in [2.24, 2.45) is 4.99 Å². The first kappa shape index (κ1) is 33.8. The number of nitrogens with zero attached hydrogens (tertiary/aromatic N) is 2. The van der Waals surface area contributed by atoms with Crippen molar-refractivity contribution in [2.75, 3.05) is 20.8 Å². The van der Waals surface area contributed by atoms with Crippen LogP contribution >= 0.6 is 22.9 Å². The van der Waals surface area contributed by atoms with Gasteiger partial charge in [-0.25, -0.2) is 9.79 Å². The Morgan fingerprint density at radius 3 is 2.41 bits per heavy atom. The Kier molecular flexibility index (Phi) is 9.53. The van der Waals surface area contributed by atoms with Gasteiger partial charge in [-0.2, -0.15) is 13.2 Å². The molecule has 0 amide bonds. The number of carbonyl (C=O) groups excluding carboxylic acids is 1. The molecule has 6 rings (SSSR count). The number of hydrogen-bond donors (Lipinski definition) is 0. The number of fused-ring (bicyclic) bond motifs is 2. The Bertz CT molecular complexity index is 2280. The van der Waals surface area contributed by atoms with Gasteiger partial charge in [0.2, 0.25) is 0 Å². The molecule has 0 saturated heterocycles. The Morgan fingerprint density at radius 1 is 1.00 bits per heavy atom. The third-order valence-corrected chi connectivity index (χ3v) is 9.06. The summed E-state index contributed by atoms with van der Waals surface area (Å²) < 4.78 is 67.6. The molecule has 1 aliphatic heterocycles. The Hall–Kier alpha value is -5.07. The fraction of sp³-hybridized carbons (Fsp3) is 0.194. The molecular formula is C36H28ClF3N2O6S. The van der Waals surface area contributed by atoms with Crippen molar-refractivity contribution in [3.8, 4) is 17.2 Å². The highest BCUT2D eigenvalue weighted by Gasteiger charge is 2.46. The van der Waals surface area contributed by atoms with Crippen LogP contribution in [0.1, 0.15) is 29.7 Å². The first-order chi connectivity index (χ1) is 23.5. The van der Waals surface area contributed by atoms with Crippen molar-refractivity contribution in [3.63, 3.8) is 0 Å². The van der Waals surface area contributed by atoms with E-state index < -0.39 is 35.0 Å². The minimum absolute atomic E-state index is 0.0330. The number of halogens is 4. The van der Waals surface area contributed by atoms with Crippen LogP contribution in [0.25, 0.3) is 16.8 Å². The molecule has 0 aliphatic carbocycles. The van der Waals surface area contributed by atoms with Gasteiger partial charge in [0, 0.05) is 5.56 Å². The van der Waals surface area contributed by atoms with E-state index in [-0.39, 0.29) is 50.4 Å². The van der Waals surface area contributed by atoms with Crippen LogP contribution in [0.2, 0.25) is 5.02 Å². The molecule has 49 heavy (non-hydrogen) atoms. The van der Waals surface area contributed by atoms with Crippen LogP contribution in [-0.4, -0.2) is 37.5 Å². The van der Waals surface area contributed by atoms with Gasteiger partial charge >= 0.3 is 12.1 Å². The van der Waals surface area contributed by atoms with E-state index in [0.717, 1.165) is 21.5 Å². The SMILES string of the molecule is CCOC(=O)C1=C(C(F)(F)F)N=c2s/c(=C\c3cc(Cl)c(OCc4ccccc4)c(OC)c3)c(=O)n2[C@H]1c1c(OC)ccc2ccccc12. The number of carbonyl (C=O) groups is 1. The lowest BCUT2D eigenvalue weighted by Crippen LogP contribution is -2.41. The maximum atomic E-state index is 14.7. The number of allylic oxidation sites excluding steroid dienone is 1. The second-order valence-electron chi connectivity index (χ2n) is 10.8. The number of aromatic nitrogens is 1. The summed E-state index contributed by atoms with van der Waals surface area (Å²) in [5.41, 5.74) is -1.47. The number of hydrogen-bond acceptors (Lipinski definition) is 8. The van der Waals surface area contributed by atoms with E-state index >= 15 is 0 Å². The number of benzene rings is 4. The number of thiazole rings is 1. The predicted molar refractivity (Wildman–Crippen MR) is 180 cm³/mol. The average molecular weight is 709 g/mol. The molecule has 0 saturated carbocycles. The van der Waals surface area contributed by atoms with Crippen molar-refractivity contribution in [3.05, 3.63) is 132 Å². The van der Waals surface area contributed by atoms with Gasteiger partial charge in [-0.3, -0.25) is 9.36 Å². The molecule has 13 heteroatoms. The number of esters is 1. The Labute approximate surface area is 286 Å². The molecule has 0 unspecified atom stereocenters. The third kappa shape index (κ3) is 6.53. The van der Waals surface area contributed by atoms with E-state index in [1.54, 1.807) is 48.5 Å². The standard InChI is InChI=1S/C36H28ClF3N2O6S/c1-4-47-34(44)29-30(28-23-13-9-8-12-22(23)14-15-25(28)45-2)42-33(43)27(49-35(42)41-32(29)36(38,39)40)18-21-16-24(37)31(26(17-21)46-3)48-19-20-10-6-5-7-11-20/h5-18,30H,4,19H2,1-3H3/b27-18-/t30-/m0/s1. The van der Waals surface area contributed by atoms with Crippen molar-refractivity contribution in [1.29, 1.82) is 0 Å². The summed E-state index contributed by atoms with van der Waals surface area (Å²) in [6, 6.07) is 21.3. The lowest BCUT2D eigenvalue weighted by atomic mass is 9.90. The van der Waals surface area contributed by atoms with E-state index in [4.69, 9.17) is 30.5 Å². The highest BCUT2D eigenvalue weighted by atomic mass is 35.5. The van der Waals surface area contributed by atoms with Crippen LogP contribution in [0.4, 0.5) is 13.2 Å². The third-order valence-electron chi connectivity index (χ3n) is 7.79. The number of methoxy groups -OCH3 is 2. The van der Waals surface area contributed by atoms with Gasteiger partial charge < -0.3 is 18.9 Å². The molecule has 1 aromatic heterocycles. The molecule has 4 aromatic carbocycles. The molecule has 1 atom stereocenters. The van der Waals surface area contributed by atoms with Gasteiger partial charge in [0.1, 0.15) is 18.4 Å². The summed E-state index contributed by atoms with van der Waals surface area (Å²) in [6.07, 6.45) is -3.60. The fourth-order valence-electron chi connectivity index (χ4n) is 5.69. The highest BCUT2D eigenvalue weighted by molar-refractivity contribution is 7.07. The summed E-state index contributed by atoms with van der Waals surface area (Å²) in [4.78, 5) is 31.3. The zero-order valence-electron chi connectivity index (χ0n) is 26.3. The second kappa shape index (κ2) is 13.8. The van der Waals surface area contributed by atoms with E-state index in [1.165, 1.54) is 27.2 Å². The highest BCUT2D eigenvalue weighted by Crippen LogP contribution is 2.44. The predicted octanol–water partition coefficient (Wildman–Crippen LogP) is 6.74. The summed E-state index contributed by atoms with van der Waals surface area (Å²) in [5.74, 6) is -0.519. The molecule has 8 nitrogen and oxygen atoms in total. The summed E-state index contributed by atoms with van der Waals surface area (Å²) >= 11 is 7.35. The summed E-state index contributed by atoms with van der Waals surface area (Å²) in [6.45, 7) is 1.49. The summed E-state index contributed by atoms with van der Waals surface area (Å²) in [5, 5.41) is 1.33. The van der Waals surface area contributed by atoms with Crippen LogP contribution < -0.4 is 29.1 Å². The second-order valence-corrected chi connectivity index (χ2v) is 12.2. The zero-order chi connectivity index (χ0) is 34.9. The maximum Gasteiger partial charge on any atom is 0.434 e. The van der Waals surface area contributed by atoms with Crippen molar-refractivity contribution in [2.45, 2.75) is 25.7 Å². The van der Waals surface area contributed by atoms with E-state index in [1.807, 2.05) is 30.3 Å². The van der Waals surface area contributed by atoms with Gasteiger partial charge in [-0.1, -0.05) is 83.6 Å². The number of alkyl halides is 3. The minimum Gasteiger partial charge on any atom is -0.496 e. The van der Waals surface area contributed by atoms with E-state index in [0.29, 0.717) is 16.3 Å². The lowest BCUT2D eigenvalue weighted by molar-refractivity contribution is -0.140. The fourth-order valence-corrected chi connectivity index (χ4v) is 6.97. The zero-order valence-corrected chi connectivity index (χ0v) is 27.9. The molecular weight excluding hydrogens is 681 g/mol. The van der Waals surface area contributed by atoms with Crippen LogP contribution in [-0.2, 0) is 16.1 Å².